The van der Waals surface area contributed by atoms with E-state index in [0.29, 0.717) is 17.5 Å². The number of aromatic nitrogens is 1. The fraction of sp³-hybridized carbons (Fsp3) is 0.231. The third kappa shape index (κ3) is 2.20. The summed E-state index contributed by atoms with van der Waals surface area (Å²) in [6.07, 6.45) is 3.73. The summed E-state index contributed by atoms with van der Waals surface area (Å²) in [6.45, 7) is 4.11. The van der Waals surface area contributed by atoms with Crippen molar-refractivity contribution in [3.63, 3.8) is 0 Å². The van der Waals surface area contributed by atoms with Gasteiger partial charge in [-0.3, -0.25) is 0 Å². The molecule has 0 unspecified atom stereocenters. The van der Waals surface area contributed by atoms with Crippen LogP contribution in [-0.2, 0) is 0 Å². The molecule has 0 saturated carbocycles. The van der Waals surface area contributed by atoms with E-state index in [2.05, 4.69) is 4.98 Å². The highest BCUT2D eigenvalue weighted by Gasteiger charge is 2.09. The van der Waals surface area contributed by atoms with Crippen LogP contribution in [0.25, 0.3) is 17.0 Å². The second-order valence-electron chi connectivity index (χ2n) is 3.44. The first-order valence-corrected chi connectivity index (χ1v) is 5.45. The first-order chi connectivity index (χ1) is 8.26. The van der Waals surface area contributed by atoms with Crippen LogP contribution in [0.15, 0.2) is 33.5 Å². The molecule has 2 aromatic rings. The summed E-state index contributed by atoms with van der Waals surface area (Å²) in [5.74, 6) is 0. The third-order valence-corrected chi connectivity index (χ3v) is 2.28. The molecule has 0 spiro atoms. The molecule has 1 aromatic heterocycles. The Bertz CT molecular complexity index is 614. The smallest absolute Gasteiger partial charge is 0.397 e. The second-order valence-corrected chi connectivity index (χ2v) is 3.44. The van der Waals surface area contributed by atoms with Crippen molar-refractivity contribution < 1.29 is 9.15 Å². The van der Waals surface area contributed by atoms with Crippen LogP contribution in [0.5, 0.6) is 6.08 Å². The van der Waals surface area contributed by atoms with Crippen LogP contribution in [0, 0.1) is 0 Å². The minimum atomic E-state index is -0.424. The highest BCUT2D eigenvalue weighted by molar-refractivity contribution is 5.86. The van der Waals surface area contributed by atoms with Gasteiger partial charge in [0.1, 0.15) is 0 Å². The number of fused-ring (bicyclic) bond motifs is 1. The van der Waals surface area contributed by atoms with Crippen molar-refractivity contribution in [1.29, 1.82) is 0 Å². The Kier molecular flexibility index (Phi) is 3.23. The molecule has 0 fully saturated rings. The zero-order valence-electron chi connectivity index (χ0n) is 9.77. The standard InChI is InChI=1S/C13H13NO3/c1-3-6-9-7-5-8-10-11(9)12(15)17-13(14-10)16-4-2/h3,5-8H,4H2,1-2H3. The lowest BCUT2D eigenvalue weighted by Gasteiger charge is -2.03. The molecule has 0 radical (unpaired) electrons. The largest absolute Gasteiger partial charge is 0.450 e. The van der Waals surface area contributed by atoms with Crippen molar-refractivity contribution in [2.45, 2.75) is 13.8 Å². The highest BCUT2D eigenvalue weighted by atomic mass is 16.6. The molecule has 17 heavy (non-hydrogen) atoms. The first-order valence-electron chi connectivity index (χ1n) is 5.45. The molecule has 4 heteroatoms. The fourth-order valence-electron chi connectivity index (χ4n) is 1.63. The summed E-state index contributed by atoms with van der Waals surface area (Å²) in [5, 5.41) is 0.481. The number of hydrogen-bond acceptors (Lipinski definition) is 4. The summed E-state index contributed by atoms with van der Waals surface area (Å²) in [4.78, 5) is 16.0. The molecule has 1 heterocycles. The summed E-state index contributed by atoms with van der Waals surface area (Å²) >= 11 is 0. The van der Waals surface area contributed by atoms with Crippen LogP contribution in [0.1, 0.15) is 19.4 Å². The van der Waals surface area contributed by atoms with E-state index in [1.165, 1.54) is 0 Å². The first kappa shape index (κ1) is 11.4. The van der Waals surface area contributed by atoms with E-state index in [0.717, 1.165) is 5.56 Å². The highest BCUT2D eigenvalue weighted by Crippen LogP contribution is 2.17. The number of nitrogens with zero attached hydrogens (tertiary/aromatic N) is 1. The minimum Gasteiger partial charge on any atom is -0.450 e. The van der Waals surface area contributed by atoms with E-state index in [4.69, 9.17) is 9.15 Å². The molecule has 0 atom stereocenters. The lowest BCUT2D eigenvalue weighted by molar-refractivity contribution is 0.229. The van der Waals surface area contributed by atoms with E-state index in [1.807, 2.05) is 38.1 Å². The topological polar surface area (TPSA) is 52.3 Å². The molecule has 4 nitrogen and oxygen atoms in total. The second kappa shape index (κ2) is 4.82. The molecule has 0 bridgehead atoms. The lowest BCUT2D eigenvalue weighted by Crippen LogP contribution is -2.06. The van der Waals surface area contributed by atoms with Crippen LogP contribution in [-0.4, -0.2) is 11.6 Å². The average Bonchev–Trinajstić information content (AvgIpc) is 2.29. The van der Waals surface area contributed by atoms with Gasteiger partial charge in [0.05, 0.1) is 17.5 Å². The normalized spacial score (nSPS) is 11.2. The molecular formula is C13H13NO3. The maximum Gasteiger partial charge on any atom is 0.397 e. The van der Waals surface area contributed by atoms with Gasteiger partial charge >= 0.3 is 11.7 Å². The Morgan fingerprint density at radius 2 is 2.29 bits per heavy atom. The Hall–Kier alpha value is -2.10. The van der Waals surface area contributed by atoms with Gasteiger partial charge in [-0.1, -0.05) is 24.3 Å². The summed E-state index contributed by atoms with van der Waals surface area (Å²) in [7, 11) is 0. The number of benzene rings is 1. The quantitative estimate of drug-likeness (QED) is 0.814. The Morgan fingerprint density at radius 3 is 3.00 bits per heavy atom. The van der Waals surface area contributed by atoms with Gasteiger partial charge in [-0.15, -0.1) is 0 Å². The molecule has 0 saturated heterocycles. The van der Waals surface area contributed by atoms with Crippen LogP contribution in [0.2, 0.25) is 0 Å². The van der Waals surface area contributed by atoms with Gasteiger partial charge in [0.25, 0.3) is 0 Å². The van der Waals surface area contributed by atoms with Crippen molar-refractivity contribution in [1.82, 2.24) is 4.98 Å². The molecule has 88 valence electrons. The fourth-order valence-corrected chi connectivity index (χ4v) is 1.63. The maximum absolute atomic E-state index is 11.8. The Balaban J connectivity index is 2.71. The number of ether oxygens (including phenoxy) is 1. The van der Waals surface area contributed by atoms with Crippen molar-refractivity contribution in [2.75, 3.05) is 6.61 Å². The SMILES string of the molecule is CC=Cc1cccc2nc(OCC)oc(=O)c12. The predicted molar refractivity (Wildman–Crippen MR) is 66.2 cm³/mol. The third-order valence-electron chi connectivity index (χ3n) is 2.28. The summed E-state index contributed by atoms with van der Waals surface area (Å²) in [6, 6.07) is 5.46. The molecule has 0 aliphatic rings. The number of allylic oxidation sites excluding steroid dienone is 1. The number of rotatable bonds is 3. The molecule has 1 aromatic carbocycles. The average molecular weight is 231 g/mol. The zero-order valence-corrected chi connectivity index (χ0v) is 9.77. The molecule has 0 N–H and O–H groups in total. The minimum absolute atomic E-state index is 0.0163. The maximum atomic E-state index is 11.8. The van der Waals surface area contributed by atoms with Crippen LogP contribution in [0.3, 0.4) is 0 Å². The van der Waals surface area contributed by atoms with Gasteiger partial charge in [0.2, 0.25) is 0 Å². The van der Waals surface area contributed by atoms with Gasteiger partial charge in [0, 0.05) is 0 Å². The van der Waals surface area contributed by atoms with Gasteiger partial charge in [-0.05, 0) is 25.5 Å². The van der Waals surface area contributed by atoms with Crippen molar-refractivity contribution in [3.05, 3.63) is 40.3 Å². The molecular weight excluding hydrogens is 218 g/mol. The molecule has 2 rings (SSSR count). The molecule has 0 amide bonds. The lowest BCUT2D eigenvalue weighted by atomic mass is 10.1. The van der Waals surface area contributed by atoms with E-state index >= 15 is 0 Å². The van der Waals surface area contributed by atoms with Gasteiger partial charge in [0.15, 0.2) is 0 Å². The number of hydrogen-bond donors (Lipinski definition) is 0. The van der Waals surface area contributed by atoms with Gasteiger partial charge in [-0.2, -0.15) is 4.98 Å². The Labute approximate surface area is 98.5 Å². The van der Waals surface area contributed by atoms with E-state index < -0.39 is 5.63 Å². The van der Waals surface area contributed by atoms with Crippen LogP contribution >= 0.6 is 0 Å². The van der Waals surface area contributed by atoms with E-state index in [9.17, 15) is 4.79 Å². The van der Waals surface area contributed by atoms with Crippen LogP contribution < -0.4 is 10.4 Å². The van der Waals surface area contributed by atoms with E-state index in [-0.39, 0.29) is 6.08 Å². The van der Waals surface area contributed by atoms with Crippen molar-refractivity contribution in [3.8, 4) is 6.08 Å². The van der Waals surface area contributed by atoms with Gasteiger partial charge < -0.3 is 9.15 Å². The summed E-state index contributed by atoms with van der Waals surface area (Å²) in [5.41, 5.74) is 0.960. The van der Waals surface area contributed by atoms with Gasteiger partial charge in [-0.25, -0.2) is 4.79 Å². The van der Waals surface area contributed by atoms with Crippen molar-refractivity contribution >= 4 is 17.0 Å². The van der Waals surface area contributed by atoms with Crippen LogP contribution in [0.4, 0.5) is 0 Å². The predicted octanol–water partition coefficient (Wildman–Crippen LogP) is 2.62. The molecule has 0 aliphatic heterocycles. The Morgan fingerprint density at radius 1 is 1.47 bits per heavy atom. The van der Waals surface area contributed by atoms with E-state index in [1.54, 1.807) is 6.07 Å². The zero-order chi connectivity index (χ0) is 12.3. The molecule has 0 aliphatic carbocycles. The summed E-state index contributed by atoms with van der Waals surface area (Å²) < 4.78 is 10.1. The van der Waals surface area contributed by atoms with Crippen molar-refractivity contribution in [2.24, 2.45) is 0 Å². The monoisotopic (exact) mass is 231 g/mol.